The second-order valence-electron chi connectivity index (χ2n) is 4.53. The number of nitrogens with two attached hydrogens (primary N) is 1. The SMILES string of the molecule is CCC(N)c1ccccc1Oc1cc([N+](=O)[O-])ccc1Br. The Morgan fingerprint density at radius 1 is 1.29 bits per heavy atom. The molecule has 0 aromatic heterocycles. The van der Waals surface area contributed by atoms with Crippen molar-refractivity contribution in [3.8, 4) is 11.5 Å². The molecule has 0 heterocycles. The van der Waals surface area contributed by atoms with E-state index < -0.39 is 4.92 Å². The van der Waals surface area contributed by atoms with E-state index in [9.17, 15) is 10.1 Å². The molecule has 2 N–H and O–H groups in total. The summed E-state index contributed by atoms with van der Waals surface area (Å²) in [5.41, 5.74) is 6.92. The number of para-hydroxylation sites is 1. The standard InChI is InChI=1S/C15H15BrN2O3/c1-2-13(17)11-5-3-4-6-14(11)21-15-9-10(18(19)20)7-8-12(15)16/h3-9,13H,2,17H2,1H3. The summed E-state index contributed by atoms with van der Waals surface area (Å²) in [6, 6.07) is 11.7. The minimum Gasteiger partial charge on any atom is -0.456 e. The van der Waals surface area contributed by atoms with Crippen LogP contribution in [0.3, 0.4) is 0 Å². The minimum atomic E-state index is -0.455. The molecule has 0 radical (unpaired) electrons. The van der Waals surface area contributed by atoms with Crippen LogP contribution < -0.4 is 10.5 Å². The van der Waals surface area contributed by atoms with Crippen molar-refractivity contribution in [2.75, 3.05) is 0 Å². The van der Waals surface area contributed by atoms with Gasteiger partial charge in [-0.3, -0.25) is 10.1 Å². The molecular formula is C15H15BrN2O3. The van der Waals surface area contributed by atoms with Crippen LogP contribution in [-0.4, -0.2) is 4.92 Å². The van der Waals surface area contributed by atoms with Gasteiger partial charge in [-0.2, -0.15) is 0 Å². The first-order chi connectivity index (χ1) is 10.0. The van der Waals surface area contributed by atoms with E-state index in [1.54, 1.807) is 12.1 Å². The van der Waals surface area contributed by atoms with Crippen molar-refractivity contribution in [2.45, 2.75) is 19.4 Å². The Kier molecular flexibility index (Phi) is 4.93. The molecule has 0 saturated carbocycles. The zero-order valence-electron chi connectivity index (χ0n) is 11.5. The van der Waals surface area contributed by atoms with Crippen molar-refractivity contribution in [1.29, 1.82) is 0 Å². The van der Waals surface area contributed by atoms with Crippen molar-refractivity contribution in [1.82, 2.24) is 0 Å². The van der Waals surface area contributed by atoms with Crippen LogP contribution in [0.25, 0.3) is 0 Å². The molecule has 0 fully saturated rings. The van der Waals surface area contributed by atoms with Crippen molar-refractivity contribution in [3.05, 3.63) is 62.6 Å². The summed E-state index contributed by atoms with van der Waals surface area (Å²) < 4.78 is 6.47. The molecule has 110 valence electrons. The van der Waals surface area contributed by atoms with E-state index >= 15 is 0 Å². The summed E-state index contributed by atoms with van der Waals surface area (Å²) in [6.45, 7) is 1.99. The number of benzene rings is 2. The maximum atomic E-state index is 10.9. The van der Waals surface area contributed by atoms with Crippen molar-refractivity contribution in [2.24, 2.45) is 5.73 Å². The Labute approximate surface area is 131 Å². The van der Waals surface area contributed by atoms with Crippen molar-refractivity contribution < 1.29 is 9.66 Å². The molecule has 1 atom stereocenters. The molecule has 0 saturated heterocycles. The molecule has 0 aliphatic rings. The number of hydrogen-bond acceptors (Lipinski definition) is 4. The molecule has 6 heteroatoms. The van der Waals surface area contributed by atoms with E-state index in [4.69, 9.17) is 10.5 Å². The number of ether oxygens (including phenoxy) is 1. The third-order valence-corrected chi connectivity index (χ3v) is 3.76. The second-order valence-corrected chi connectivity index (χ2v) is 5.38. The highest BCUT2D eigenvalue weighted by molar-refractivity contribution is 9.10. The van der Waals surface area contributed by atoms with Gasteiger partial charge in [0.15, 0.2) is 0 Å². The predicted octanol–water partition coefficient (Wildman–Crippen LogP) is 4.56. The van der Waals surface area contributed by atoms with Crippen LogP contribution in [0.1, 0.15) is 24.9 Å². The van der Waals surface area contributed by atoms with Gasteiger partial charge in [0.1, 0.15) is 11.5 Å². The quantitative estimate of drug-likeness (QED) is 0.633. The first-order valence-corrected chi connectivity index (χ1v) is 7.28. The summed E-state index contributed by atoms with van der Waals surface area (Å²) in [4.78, 5) is 10.4. The molecule has 5 nitrogen and oxygen atoms in total. The Morgan fingerprint density at radius 2 is 2.00 bits per heavy atom. The van der Waals surface area contributed by atoms with Gasteiger partial charge in [0.2, 0.25) is 0 Å². The fourth-order valence-corrected chi connectivity index (χ4v) is 2.23. The van der Waals surface area contributed by atoms with Crippen LogP contribution >= 0.6 is 15.9 Å². The Bertz CT molecular complexity index is 661. The Hall–Kier alpha value is -1.92. The first kappa shape index (κ1) is 15.5. The van der Waals surface area contributed by atoms with Crippen LogP contribution in [0, 0.1) is 10.1 Å². The van der Waals surface area contributed by atoms with Gasteiger partial charge in [-0.05, 0) is 34.5 Å². The van der Waals surface area contributed by atoms with Crippen LogP contribution in [-0.2, 0) is 0 Å². The number of nitrogens with zero attached hydrogens (tertiary/aromatic N) is 1. The average molecular weight is 351 g/mol. The van der Waals surface area contributed by atoms with Crippen LogP contribution in [0.15, 0.2) is 46.9 Å². The minimum absolute atomic E-state index is 0.0227. The highest BCUT2D eigenvalue weighted by Crippen LogP contribution is 2.35. The van der Waals surface area contributed by atoms with E-state index in [1.165, 1.54) is 12.1 Å². The van der Waals surface area contributed by atoms with E-state index in [0.29, 0.717) is 16.0 Å². The molecule has 2 aromatic rings. The number of nitro benzene ring substituents is 1. The lowest BCUT2D eigenvalue weighted by molar-refractivity contribution is -0.384. The number of non-ortho nitro benzene ring substituents is 1. The molecule has 0 aliphatic carbocycles. The summed E-state index contributed by atoms with van der Waals surface area (Å²) in [5, 5.41) is 10.9. The second kappa shape index (κ2) is 6.69. The summed E-state index contributed by atoms with van der Waals surface area (Å²) in [7, 11) is 0. The van der Waals surface area contributed by atoms with E-state index in [1.807, 2.05) is 25.1 Å². The number of halogens is 1. The van der Waals surface area contributed by atoms with Gasteiger partial charge in [-0.25, -0.2) is 0 Å². The molecule has 0 amide bonds. The highest BCUT2D eigenvalue weighted by Gasteiger charge is 2.15. The predicted molar refractivity (Wildman–Crippen MR) is 84.5 cm³/mol. The maximum absolute atomic E-state index is 10.9. The molecule has 0 spiro atoms. The van der Waals surface area contributed by atoms with Gasteiger partial charge in [0.05, 0.1) is 15.5 Å². The molecule has 2 aromatic carbocycles. The normalized spacial score (nSPS) is 12.0. The smallest absolute Gasteiger partial charge is 0.273 e. The number of rotatable bonds is 5. The van der Waals surface area contributed by atoms with E-state index in [0.717, 1.165) is 12.0 Å². The van der Waals surface area contributed by atoms with Crippen LogP contribution in [0.5, 0.6) is 11.5 Å². The molecule has 2 rings (SSSR count). The first-order valence-electron chi connectivity index (χ1n) is 6.49. The topological polar surface area (TPSA) is 78.4 Å². The number of nitro groups is 1. The fraction of sp³-hybridized carbons (Fsp3) is 0.200. The van der Waals surface area contributed by atoms with E-state index in [2.05, 4.69) is 15.9 Å². The third-order valence-electron chi connectivity index (χ3n) is 3.10. The van der Waals surface area contributed by atoms with E-state index in [-0.39, 0.29) is 11.7 Å². The molecule has 0 bridgehead atoms. The lowest BCUT2D eigenvalue weighted by Crippen LogP contribution is -2.09. The lowest BCUT2D eigenvalue weighted by atomic mass is 10.0. The average Bonchev–Trinajstić information content (AvgIpc) is 2.49. The number of hydrogen-bond donors (Lipinski definition) is 1. The fourth-order valence-electron chi connectivity index (χ4n) is 1.90. The summed E-state index contributed by atoms with van der Waals surface area (Å²) in [5.74, 6) is 0.994. The van der Waals surface area contributed by atoms with Crippen LogP contribution in [0.2, 0.25) is 0 Å². The molecule has 0 aliphatic heterocycles. The van der Waals surface area contributed by atoms with Gasteiger partial charge >= 0.3 is 0 Å². The highest BCUT2D eigenvalue weighted by atomic mass is 79.9. The van der Waals surface area contributed by atoms with Gasteiger partial charge in [-0.15, -0.1) is 0 Å². The maximum Gasteiger partial charge on any atom is 0.273 e. The summed E-state index contributed by atoms with van der Waals surface area (Å²) >= 11 is 3.34. The third kappa shape index (κ3) is 3.59. The largest absolute Gasteiger partial charge is 0.456 e. The van der Waals surface area contributed by atoms with Crippen LogP contribution in [0.4, 0.5) is 5.69 Å². The zero-order valence-corrected chi connectivity index (χ0v) is 13.0. The molecular weight excluding hydrogens is 336 g/mol. The van der Waals surface area contributed by atoms with Crippen molar-refractivity contribution >= 4 is 21.6 Å². The zero-order chi connectivity index (χ0) is 15.4. The monoisotopic (exact) mass is 350 g/mol. The van der Waals surface area contributed by atoms with Gasteiger partial charge in [0.25, 0.3) is 5.69 Å². The lowest BCUT2D eigenvalue weighted by Gasteiger charge is -2.16. The Balaban J connectivity index is 2.38. The molecule has 21 heavy (non-hydrogen) atoms. The van der Waals surface area contributed by atoms with Gasteiger partial charge in [-0.1, -0.05) is 25.1 Å². The summed E-state index contributed by atoms with van der Waals surface area (Å²) in [6.07, 6.45) is 0.774. The van der Waals surface area contributed by atoms with Crippen molar-refractivity contribution in [3.63, 3.8) is 0 Å². The van der Waals surface area contributed by atoms with Gasteiger partial charge < -0.3 is 10.5 Å². The van der Waals surface area contributed by atoms with Gasteiger partial charge in [0, 0.05) is 17.7 Å². The molecule has 1 unspecified atom stereocenters. The Morgan fingerprint density at radius 3 is 2.67 bits per heavy atom.